The number of pyridine rings is 2. The molecule has 3 aromatic heterocycles. The van der Waals surface area contributed by atoms with Crippen molar-refractivity contribution in [3.8, 4) is 11.5 Å². The van der Waals surface area contributed by atoms with E-state index in [9.17, 15) is 28.4 Å². The summed E-state index contributed by atoms with van der Waals surface area (Å²) >= 11 is 0. The van der Waals surface area contributed by atoms with Crippen molar-refractivity contribution in [3.63, 3.8) is 0 Å². The van der Waals surface area contributed by atoms with E-state index in [1.165, 1.54) is 30.4 Å². The van der Waals surface area contributed by atoms with E-state index in [0.29, 0.717) is 74.0 Å². The molecule has 1 spiro atoms. The van der Waals surface area contributed by atoms with Crippen LogP contribution < -0.4 is 19.7 Å². The van der Waals surface area contributed by atoms with Gasteiger partial charge in [-0.3, -0.25) is 19.8 Å². The molecule has 16 nitrogen and oxygen atoms in total. The highest BCUT2D eigenvalue weighted by Gasteiger charge is 2.49. The van der Waals surface area contributed by atoms with Crippen LogP contribution in [-0.2, 0) is 21.2 Å². The van der Waals surface area contributed by atoms with Crippen LogP contribution >= 0.6 is 0 Å². The van der Waals surface area contributed by atoms with Crippen molar-refractivity contribution in [1.29, 1.82) is 0 Å². The van der Waals surface area contributed by atoms with Crippen LogP contribution in [0.3, 0.4) is 0 Å². The number of amides is 1. The molecule has 10 rings (SSSR count). The van der Waals surface area contributed by atoms with Crippen LogP contribution in [0.25, 0.3) is 11.0 Å². The lowest BCUT2D eigenvalue weighted by molar-refractivity contribution is -0.384. The Labute approximate surface area is 403 Å². The Bertz CT molecular complexity index is 2820. The van der Waals surface area contributed by atoms with Crippen molar-refractivity contribution in [2.45, 2.75) is 113 Å². The number of aliphatic hydroxyl groups is 1. The van der Waals surface area contributed by atoms with E-state index in [-0.39, 0.29) is 34.4 Å². The zero-order valence-electron chi connectivity index (χ0n) is 39.8. The molecule has 1 amide bonds. The molecule has 0 unspecified atom stereocenters. The number of carbonyl (C=O) groups is 1. The first-order valence-corrected chi connectivity index (χ1v) is 26.2. The number of sulfonamides is 1. The third-order valence-electron chi connectivity index (χ3n) is 15.7. The van der Waals surface area contributed by atoms with E-state index < -0.39 is 37.0 Å². The summed E-state index contributed by atoms with van der Waals surface area (Å²) in [6, 6.07) is 19.5. The van der Waals surface area contributed by atoms with Gasteiger partial charge in [0.2, 0.25) is 5.82 Å². The number of piperidine rings is 1. The van der Waals surface area contributed by atoms with Crippen molar-refractivity contribution in [1.82, 2.24) is 24.6 Å². The number of aromatic amines is 1. The minimum atomic E-state index is -4.66. The molecule has 366 valence electrons. The van der Waals surface area contributed by atoms with Crippen LogP contribution in [0.1, 0.15) is 118 Å². The molecule has 17 heteroatoms. The molecule has 6 heterocycles. The summed E-state index contributed by atoms with van der Waals surface area (Å²) in [6.07, 6.45) is 11.9. The number of benzene rings is 2. The maximum Gasteiger partial charge on any atom is 0.312 e. The second-order valence-corrected chi connectivity index (χ2v) is 22.8. The van der Waals surface area contributed by atoms with Gasteiger partial charge >= 0.3 is 5.69 Å². The van der Waals surface area contributed by atoms with Crippen molar-refractivity contribution in [2.75, 3.05) is 56.2 Å². The predicted molar refractivity (Wildman–Crippen MR) is 264 cm³/mol. The number of H-pyrrole nitrogens is 1. The minimum absolute atomic E-state index is 0.0325. The number of hydrogen-bond acceptors (Lipinski definition) is 13. The highest BCUT2D eigenvalue weighted by molar-refractivity contribution is 7.90. The number of nitrogens with zero attached hydrogens (tertiary/aromatic N) is 5. The van der Waals surface area contributed by atoms with Gasteiger partial charge in [-0.2, -0.15) is 0 Å². The molecule has 0 bridgehead atoms. The molecule has 5 fully saturated rings. The Morgan fingerprint density at radius 3 is 2.49 bits per heavy atom. The summed E-state index contributed by atoms with van der Waals surface area (Å²) < 4.78 is 42.1. The quantitative estimate of drug-likeness (QED) is 0.0573. The van der Waals surface area contributed by atoms with E-state index in [2.05, 4.69) is 67.9 Å². The van der Waals surface area contributed by atoms with Crippen LogP contribution in [0.5, 0.6) is 11.5 Å². The number of anilines is 2. The molecule has 5 aliphatic rings. The van der Waals surface area contributed by atoms with Crippen molar-refractivity contribution in [2.24, 2.45) is 17.3 Å². The molecule has 2 aliphatic carbocycles. The second kappa shape index (κ2) is 18.9. The molecule has 5 aromatic rings. The van der Waals surface area contributed by atoms with Gasteiger partial charge in [0.15, 0.2) is 0 Å². The summed E-state index contributed by atoms with van der Waals surface area (Å²) in [5.41, 5.74) is 4.18. The van der Waals surface area contributed by atoms with Gasteiger partial charge in [0.05, 0.1) is 41.2 Å². The fraction of sp³-hybridized carbons (Fsp3) is 0.519. The average molecular weight is 961 g/mol. The number of nitrogens with one attached hydrogen (secondary N) is 3. The third kappa shape index (κ3) is 9.92. The lowest BCUT2D eigenvalue weighted by Crippen LogP contribution is -2.63. The molecule has 3 saturated heterocycles. The molecule has 3 aliphatic heterocycles. The van der Waals surface area contributed by atoms with E-state index in [4.69, 9.17) is 14.5 Å². The Morgan fingerprint density at radius 2 is 1.77 bits per heavy atom. The smallest absolute Gasteiger partial charge is 0.312 e. The van der Waals surface area contributed by atoms with Gasteiger partial charge in [-0.15, -0.1) is 0 Å². The Balaban J connectivity index is 0.874. The van der Waals surface area contributed by atoms with E-state index in [1.807, 2.05) is 18.2 Å². The molecule has 2 saturated carbocycles. The van der Waals surface area contributed by atoms with Gasteiger partial charge in [0, 0.05) is 80.5 Å². The summed E-state index contributed by atoms with van der Waals surface area (Å²) in [5, 5.41) is 26.4. The SMILES string of the molecule is CC(C)c1ccccc1[C@H]1CCC[C@H]1N1CC2(CCN(c3ccc(C(=O)NS(=O)(=O)c4cnc(NC[C@H]5CC[C@](C)(O)CC5)c([N+](=O)[O-])c4)c(Oc4cc5cc[nH]c5nc4CC4COC4)c3)CC2)C1. The number of nitro groups is 1. The summed E-state index contributed by atoms with van der Waals surface area (Å²) in [5.74, 6) is 1.02. The summed E-state index contributed by atoms with van der Waals surface area (Å²) in [6.45, 7) is 11.8. The van der Waals surface area contributed by atoms with Gasteiger partial charge < -0.3 is 29.8 Å². The first kappa shape index (κ1) is 47.1. The third-order valence-corrected chi connectivity index (χ3v) is 17.0. The Kier molecular flexibility index (Phi) is 12.9. The molecule has 4 N–H and O–H groups in total. The molecule has 69 heavy (non-hydrogen) atoms. The molecule has 0 radical (unpaired) electrons. The Hall–Kier alpha value is -5.62. The normalized spacial score (nSPS) is 24.0. The second-order valence-electron chi connectivity index (χ2n) is 21.1. The van der Waals surface area contributed by atoms with Gasteiger partial charge in [-0.1, -0.05) is 44.5 Å². The summed E-state index contributed by atoms with van der Waals surface area (Å²) in [7, 11) is -4.66. The number of hydrogen-bond donors (Lipinski definition) is 4. The molecule has 2 atom stereocenters. The van der Waals surface area contributed by atoms with Gasteiger partial charge in [-0.05, 0) is 117 Å². The predicted octanol–water partition coefficient (Wildman–Crippen LogP) is 8.68. The fourth-order valence-corrected chi connectivity index (χ4v) is 12.5. The van der Waals surface area contributed by atoms with Crippen LogP contribution in [0.15, 0.2) is 78.0 Å². The highest BCUT2D eigenvalue weighted by atomic mass is 32.2. The molecule has 2 aromatic carbocycles. The first-order valence-electron chi connectivity index (χ1n) is 24.7. The number of aromatic nitrogens is 3. The highest BCUT2D eigenvalue weighted by Crippen LogP contribution is 2.49. The maximum absolute atomic E-state index is 14.3. The first-order chi connectivity index (χ1) is 33.1. The standard InChI is InChI=1S/C52H64N8O8S/c1-33(2)39-7-4-5-8-40(39)41-9-6-10-44(41)59-31-52(32-59)18-21-58(22-19-52)37-11-12-42(46(25-37)68-47-24-36-15-20-53-48(36)56-43(47)23-35-29-67-30-35)50(61)57-69(65,66)38-26-45(60(63)64)49(55-28-38)54-27-34-13-16-51(3,62)17-14-34/h4-5,7-8,11-12,15,20,24-26,28,33-35,41,44,62H,6,9-10,13-14,16-19,21-23,27,29-32H2,1-3H3,(H,53,56)(H,54,55)(H,57,61)/t34-,41-,44-,51-/m1/s1. The topological polar surface area (TPSA) is 205 Å². The lowest BCUT2D eigenvalue weighted by atomic mass is 9.70. The zero-order valence-corrected chi connectivity index (χ0v) is 40.6. The van der Waals surface area contributed by atoms with E-state index in [0.717, 1.165) is 75.2 Å². The summed E-state index contributed by atoms with van der Waals surface area (Å²) in [4.78, 5) is 42.5. The molecular weight excluding hydrogens is 897 g/mol. The van der Waals surface area contributed by atoms with Crippen LogP contribution in [0.4, 0.5) is 17.2 Å². The van der Waals surface area contributed by atoms with Gasteiger partial charge in [0.25, 0.3) is 15.9 Å². The van der Waals surface area contributed by atoms with Crippen LogP contribution in [0, 0.1) is 27.4 Å². The van der Waals surface area contributed by atoms with Crippen LogP contribution in [0.2, 0.25) is 0 Å². The number of carbonyl (C=O) groups excluding carboxylic acids is 1. The zero-order chi connectivity index (χ0) is 48.1. The maximum atomic E-state index is 14.3. The fourth-order valence-electron chi connectivity index (χ4n) is 11.6. The Morgan fingerprint density at radius 1 is 1.00 bits per heavy atom. The van der Waals surface area contributed by atoms with Crippen molar-refractivity contribution >= 4 is 44.2 Å². The number of likely N-dealkylation sites (tertiary alicyclic amines) is 1. The van der Waals surface area contributed by atoms with Crippen LogP contribution in [-0.4, -0.2) is 102 Å². The van der Waals surface area contributed by atoms with E-state index >= 15 is 0 Å². The lowest BCUT2D eigenvalue weighted by Gasteiger charge is -2.57. The number of fused-ring (bicyclic) bond motifs is 1. The minimum Gasteiger partial charge on any atom is -0.455 e. The number of rotatable bonds is 15. The largest absolute Gasteiger partial charge is 0.455 e. The number of ether oxygens (including phenoxy) is 2. The monoisotopic (exact) mass is 960 g/mol. The van der Waals surface area contributed by atoms with Gasteiger partial charge in [0.1, 0.15) is 22.0 Å². The van der Waals surface area contributed by atoms with Gasteiger partial charge in [-0.25, -0.2) is 23.1 Å². The molecular formula is C52H64N8O8S. The van der Waals surface area contributed by atoms with Crippen molar-refractivity contribution in [3.05, 3.63) is 106 Å². The van der Waals surface area contributed by atoms with Crippen molar-refractivity contribution < 1.29 is 32.7 Å². The average Bonchev–Trinajstić information content (AvgIpc) is 3.98. The van der Waals surface area contributed by atoms with E-state index in [1.54, 1.807) is 25.3 Å².